The van der Waals surface area contributed by atoms with Crippen LogP contribution in [-0.4, -0.2) is 25.2 Å². The Balaban J connectivity index is 1.96. The second-order valence-electron chi connectivity index (χ2n) is 5.57. The Morgan fingerprint density at radius 3 is 2.61 bits per heavy atom. The molecule has 2 rings (SSSR count). The van der Waals surface area contributed by atoms with Crippen molar-refractivity contribution in [3.63, 3.8) is 0 Å². The number of nitrogens with zero attached hydrogens (tertiary/aromatic N) is 1. The van der Waals surface area contributed by atoms with Crippen LogP contribution in [0.2, 0.25) is 0 Å². The van der Waals surface area contributed by atoms with Crippen molar-refractivity contribution in [2.75, 3.05) is 7.11 Å². The number of carbonyl (C=O) groups excluding carboxylic acids is 2. The lowest BCUT2D eigenvalue weighted by molar-refractivity contribution is -0.132. The maximum Gasteiger partial charge on any atom is 0.308 e. The summed E-state index contributed by atoms with van der Waals surface area (Å²) in [4.78, 5) is 23.0. The van der Waals surface area contributed by atoms with Crippen LogP contribution < -0.4 is 14.9 Å². The summed E-state index contributed by atoms with van der Waals surface area (Å²) in [6, 6.07) is 5.05. The van der Waals surface area contributed by atoms with Gasteiger partial charge in [0.05, 0.1) is 13.3 Å². The normalized spacial score (nSPS) is 15.4. The van der Waals surface area contributed by atoms with Gasteiger partial charge in [-0.1, -0.05) is 19.3 Å². The van der Waals surface area contributed by atoms with Gasteiger partial charge >= 0.3 is 5.97 Å². The Morgan fingerprint density at radius 1 is 1.22 bits per heavy atom. The summed E-state index contributed by atoms with van der Waals surface area (Å²) < 4.78 is 10.2. The first-order chi connectivity index (χ1) is 11.1. The number of ether oxygens (including phenoxy) is 2. The zero-order valence-corrected chi connectivity index (χ0v) is 13.5. The molecule has 0 aromatic heterocycles. The average molecular weight is 318 g/mol. The molecule has 1 amide bonds. The fourth-order valence-corrected chi connectivity index (χ4v) is 2.63. The Hall–Kier alpha value is -2.37. The van der Waals surface area contributed by atoms with Crippen molar-refractivity contribution in [1.82, 2.24) is 5.43 Å². The summed E-state index contributed by atoms with van der Waals surface area (Å²) >= 11 is 0. The quantitative estimate of drug-likeness (QED) is 0.392. The molecule has 124 valence electrons. The third kappa shape index (κ3) is 5.09. The van der Waals surface area contributed by atoms with E-state index in [2.05, 4.69) is 10.5 Å². The van der Waals surface area contributed by atoms with E-state index < -0.39 is 5.97 Å². The molecular weight excluding hydrogens is 296 g/mol. The molecular formula is C17H22N2O4. The van der Waals surface area contributed by atoms with Crippen LogP contribution in [0, 0.1) is 5.92 Å². The molecule has 0 spiro atoms. The van der Waals surface area contributed by atoms with Crippen molar-refractivity contribution in [2.45, 2.75) is 39.0 Å². The summed E-state index contributed by atoms with van der Waals surface area (Å²) in [7, 11) is 1.49. The van der Waals surface area contributed by atoms with Gasteiger partial charge in [0.1, 0.15) is 0 Å². The maximum absolute atomic E-state index is 12.0. The zero-order chi connectivity index (χ0) is 16.7. The second-order valence-corrected chi connectivity index (χ2v) is 5.57. The third-order valence-corrected chi connectivity index (χ3v) is 3.81. The molecule has 1 N–H and O–H groups in total. The fraction of sp³-hybridized carbons (Fsp3) is 0.471. The lowest BCUT2D eigenvalue weighted by Gasteiger charge is -2.19. The van der Waals surface area contributed by atoms with Crippen molar-refractivity contribution in [2.24, 2.45) is 11.0 Å². The molecule has 1 aromatic carbocycles. The van der Waals surface area contributed by atoms with Crippen molar-refractivity contribution in [3.8, 4) is 11.5 Å². The first-order valence-electron chi connectivity index (χ1n) is 7.79. The van der Waals surface area contributed by atoms with Crippen LogP contribution in [0.5, 0.6) is 11.5 Å². The SMILES string of the molecule is COc1cc(C=NNC(=O)C2CCCCC2)ccc1OC(C)=O. The largest absolute Gasteiger partial charge is 0.493 e. The molecule has 6 heteroatoms. The Labute approximate surface area is 135 Å². The van der Waals surface area contributed by atoms with Crippen LogP contribution in [0.1, 0.15) is 44.6 Å². The van der Waals surface area contributed by atoms with E-state index in [0.717, 1.165) is 31.2 Å². The summed E-state index contributed by atoms with van der Waals surface area (Å²) in [5.74, 6) is 0.418. The van der Waals surface area contributed by atoms with Gasteiger partial charge in [-0.15, -0.1) is 0 Å². The number of hydrogen-bond acceptors (Lipinski definition) is 5. The van der Waals surface area contributed by atoms with E-state index in [4.69, 9.17) is 9.47 Å². The number of methoxy groups -OCH3 is 1. The molecule has 1 aliphatic rings. The first-order valence-corrected chi connectivity index (χ1v) is 7.79. The molecule has 0 heterocycles. The first kappa shape index (κ1) is 17.0. The van der Waals surface area contributed by atoms with Gasteiger partial charge in [-0.05, 0) is 36.6 Å². The van der Waals surface area contributed by atoms with Crippen molar-refractivity contribution in [1.29, 1.82) is 0 Å². The molecule has 1 aliphatic carbocycles. The van der Waals surface area contributed by atoms with Crippen molar-refractivity contribution < 1.29 is 19.1 Å². The van der Waals surface area contributed by atoms with E-state index >= 15 is 0 Å². The molecule has 1 fully saturated rings. The molecule has 0 unspecified atom stereocenters. The number of esters is 1. The standard InChI is InChI=1S/C17H22N2O4/c1-12(20)23-15-9-8-13(10-16(15)22-2)11-18-19-17(21)14-6-4-3-5-7-14/h8-11,14H,3-7H2,1-2H3,(H,19,21). The highest BCUT2D eigenvalue weighted by Gasteiger charge is 2.20. The zero-order valence-electron chi connectivity index (χ0n) is 13.5. The number of hydrogen-bond donors (Lipinski definition) is 1. The molecule has 23 heavy (non-hydrogen) atoms. The number of nitrogens with one attached hydrogen (secondary N) is 1. The predicted octanol–water partition coefficient (Wildman–Crippen LogP) is 2.65. The number of benzene rings is 1. The third-order valence-electron chi connectivity index (χ3n) is 3.81. The molecule has 0 bridgehead atoms. The topological polar surface area (TPSA) is 77.0 Å². The minimum absolute atomic E-state index is 0.0237. The average Bonchev–Trinajstić information content (AvgIpc) is 2.56. The van der Waals surface area contributed by atoms with Gasteiger partial charge in [-0.2, -0.15) is 5.10 Å². The van der Waals surface area contributed by atoms with Crippen LogP contribution in [0.4, 0.5) is 0 Å². The fourth-order valence-electron chi connectivity index (χ4n) is 2.63. The Morgan fingerprint density at radius 2 is 1.96 bits per heavy atom. The van der Waals surface area contributed by atoms with Gasteiger partial charge in [-0.3, -0.25) is 9.59 Å². The van der Waals surface area contributed by atoms with Gasteiger partial charge in [0.25, 0.3) is 0 Å². The lowest BCUT2D eigenvalue weighted by Crippen LogP contribution is -2.28. The van der Waals surface area contributed by atoms with Gasteiger partial charge in [0, 0.05) is 12.8 Å². The molecule has 1 saturated carbocycles. The number of rotatable bonds is 5. The summed E-state index contributed by atoms with van der Waals surface area (Å²) in [6.07, 6.45) is 6.84. The van der Waals surface area contributed by atoms with E-state index in [0.29, 0.717) is 11.5 Å². The molecule has 0 aliphatic heterocycles. The van der Waals surface area contributed by atoms with E-state index in [-0.39, 0.29) is 11.8 Å². The summed E-state index contributed by atoms with van der Waals surface area (Å²) in [5.41, 5.74) is 3.33. The number of amides is 1. The second kappa shape index (κ2) is 8.31. The van der Waals surface area contributed by atoms with Gasteiger partial charge in [0.2, 0.25) is 5.91 Å². The van der Waals surface area contributed by atoms with Crippen LogP contribution in [0.3, 0.4) is 0 Å². The van der Waals surface area contributed by atoms with E-state index in [9.17, 15) is 9.59 Å². The van der Waals surface area contributed by atoms with Crippen LogP contribution in [0.25, 0.3) is 0 Å². The summed E-state index contributed by atoms with van der Waals surface area (Å²) in [5, 5.41) is 3.99. The van der Waals surface area contributed by atoms with Gasteiger partial charge in [0.15, 0.2) is 11.5 Å². The number of carbonyl (C=O) groups is 2. The monoisotopic (exact) mass is 318 g/mol. The van der Waals surface area contributed by atoms with Crippen LogP contribution >= 0.6 is 0 Å². The van der Waals surface area contributed by atoms with Crippen molar-refractivity contribution in [3.05, 3.63) is 23.8 Å². The van der Waals surface area contributed by atoms with E-state index in [1.807, 2.05) is 0 Å². The van der Waals surface area contributed by atoms with Crippen LogP contribution in [0.15, 0.2) is 23.3 Å². The Kier molecular flexibility index (Phi) is 6.14. The summed E-state index contributed by atoms with van der Waals surface area (Å²) in [6.45, 7) is 1.33. The molecule has 6 nitrogen and oxygen atoms in total. The van der Waals surface area contributed by atoms with Crippen molar-refractivity contribution >= 4 is 18.1 Å². The highest BCUT2D eigenvalue weighted by Crippen LogP contribution is 2.27. The molecule has 0 radical (unpaired) electrons. The lowest BCUT2D eigenvalue weighted by atomic mass is 9.89. The molecule has 1 aromatic rings. The minimum atomic E-state index is -0.413. The smallest absolute Gasteiger partial charge is 0.308 e. The predicted molar refractivity (Wildman–Crippen MR) is 86.6 cm³/mol. The Bertz CT molecular complexity index is 592. The highest BCUT2D eigenvalue weighted by atomic mass is 16.6. The molecule has 0 atom stereocenters. The van der Waals surface area contributed by atoms with E-state index in [1.54, 1.807) is 24.4 Å². The minimum Gasteiger partial charge on any atom is -0.493 e. The highest BCUT2D eigenvalue weighted by molar-refractivity contribution is 5.84. The van der Waals surface area contributed by atoms with E-state index in [1.165, 1.54) is 20.5 Å². The van der Waals surface area contributed by atoms with Crippen LogP contribution in [-0.2, 0) is 9.59 Å². The van der Waals surface area contributed by atoms with Gasteiger partial charge < -0.3 is 9.47 Å². The van der Waals surface area contributed by atoms with Gasteiger partial charge in [-0.25, -0.2) is 5.43 Å². The maximum atomic E-state index is 12.0. The molecule has 0 saturated heterocycles. The number of hydrazone groups is 1.